The van der Waals surface area contributed by atoms with E-state index in [1.54, 1.807) is 4.90 Å². The van der Waals surface area contributed by atoms with Crippen molar-refractivity contribution in [3.05, 3.63) is 35.9 Å². The Hall–Kier alpha value is -1.88. The average Bonchev–Trinajstić information content (AvgIpc) is 3.09. The molecule has 5 nitrogen and oxygen atoms in total. The van der Waals surface area contributed by atoms with Gasteiger partial charge < -0.3 is 15.5 Å². The first kappa shape index (κ1) is 16.0. The van der Waals surface area contributed by atoms with Crippen molar-refractivity contribution in [2.45, 2.75) is 44.2 Å². The smallest absolute Gasteiger partial charge is 0.247 e. The highest BCUT2D eigenvalue weighted by Crippen LogP contribution is 2.25. The average molecular weight is 315 g/mol. The third-order valence-electron chi connectivity index (χ3n) is 4.72. The molecule has 23 heavy (non-hydrogen) atoms. The van der Waals surface area contributed by atoms with Gasteiger partial charge in [0.05, 0.1) is 0 Å². The molecule has 124 valence electrons. The normalized spacial score (nSPS) is 22.9. The Labute approximate surface area is 137 Å². The van der Waals surface area contributed by atoms with E-state index in [1.807, 2.05) is 30.3 Å². The first-order valence-corrected chi connectivity index (χ1v) is 8.61. The number of carbonyl (C=O) groups excluding carboxylic acids is 2. The van der Waals surface area contributed by atoms with Crippen LogP contribution in [0.4, 0.5) is 0 Å². The topological polar surface area (TPSA) is 61.4 Å². The minimum Gasteiger partial charge on any atom is -0.352 e. The highest BCUT2D eigenvalue weighted by atomic mass is 16.2. The maximum Gasteiger partial charge on any atom is 0.247 e. The molecule has 2 aliphatic rings. The van der Waals surface area contributed by atoms with Gasteiger partial charge >= 0.3 is 0 Å². The fourth-order valence-corrected chi connectivity index (χ4v) is 3.46. The van der Waals surface area contributed by atoms with Crippen LogP contribution in [0.1, 0.15) is 43.7 Å². The van der Waals surface area contributed by atoms with Crippen LogP contribution in [0.5, 0.6) is 0 Å². The lowest BCUT2D eigenvalue weighted by Crippen LogP contribution is -2.47. The van der Waals surface area contributed by atoms with Gasteiger partial charge in [-0.25, -0.2) is 0 Å². The third-order valence-corrected chi connectivity index (χ3v) is 4.72. The zero-order valence-corrected chi connectivity index (χ0v) is 13.5. The molecule has 0 spiro atoms. The van der Waals surface area contributed by atoms with Gasteiger partial charge in [0.2, 0.25) is 11.8 Å². The predicted molar refractivity (Wildman–Crippen MR) is 88.8 cm³/mol. The largest absolute Gasteiger partial charge is 0.352 e. The number of hydrogen-bond donors (Lipinski definition) is 2. The number of likely N-dealkylation sites (tertiary alicyclic amines) is 1. The zero-order valence-electron chi connectivity index (χ0n) is 13.5. The first-order chi connectivity index (χ1) is 11.3. The summed E-state index contributed by atoms with van der Waals surface area (Å²) in [5.41, 5.74) is 0.889. The van der Waals surface area contributed by atoms with Crippen molar-refractivity contribution >= 4 is 11.8 Å². The molecule has 3 rings (SSSR count). The lowest BCUT2D eigenvalue weighted by Gasteiger charge is -2.34. The summed E-state index contributed by atoms with van der Waals surface area (Å²) in [6.45, 7) is 2.31. The molecule has 2 unspecified atom stereocenters. The van der Waals surface area contributed by atoms with E-state index in [2.05, 4.69) is 10.6 Å². The van der Waals surface area contributed by atoms with Gasteiger partial charge in [0, 0.05) is 25.6 Å². The third kappa shape index (κ3) is 3.91. The molecule has 1 aromatic carbocycles. The van der Waals surface area contributed by atoms with E-state index < -0.39 is 6.04 Å². The van der Waals surface area contributed by atoms with Crippen LogP contribution in [-0.4, -0.2) is 42.4 Å². The van der Waals surface area contributed by atoms with Crippen molar-refractivity contribution in [2.24, 2.45) is 0 Å². The summed E-state index contributed by atoms with van der Waals surface area (Å²) in [5, 5.41) is 6.43. The summed E-state index contributed by atoms with van der Waals surface area (Å²) in [4.78, 5) is 26.9. The number of rotatable bonds is 5. The van der Waals surface area contributed by atoms with Gasteiger partial charge in [0.15, 0.2) is 0 Å². The molecule has 1 aromatic rings. The molecule has 2 N–H and O–H groups in total. The van der Waals surface area contributed by atoms with Crippen molar-refractivity contribution in [2.75, 3.05) is 19.6 Å². The summed E-state index contributed by atoms with van der Waals surface area (Å²) < 4.78 is 0. The number of hydrogen-bond acceptors (Lipinski definition) is 3. The summed E-state index contributed by atoms with van der Waals surface area (Å²) in [6.07, 6.45) is 4.68. The highest BCUT2D eigenvalue weighted by Gasteiger charge is 2.32. The lowest BCUT2D eigenvalue weighted by molar-refractivity contribution is -0.142. The van der Waals surface area contributed by atoms with Crippen LogP contribution >= 0.6 is 0 Å². The lowest BCUT2D eigenvalue weighted by atomic mass is 10.0. The molecule has 2 fully saturated rings. The van der Waals surface area contributed by atoms with E-state index >= 15 is 0 Å². The number of piperidine rings is 1. The van der Waals surface area contributed by atoms with Crippen LogP contribution in [-0.2, 0) is 9.59 Å². The van der Waals surface area contributed by atoms with Crippen LogP contribution in [0, 0.1) is 0 Å². The van der Waals surface area contributed by atoms with Gasteiger partial charge in [-0.1, -0.05) is 30.3 Å². The maximum atomic E-state index is 12.8. The van der Waals surface area contributed by atoms with Crippen molar-refractivity contribution in [3.8, 4) is 0 Å². The maximum absolute atomic E-state index is 12.8. The highest BCUT2D eigenvalue weighted by molar-refractivity contribution is 5.89. The Kier molecular flexibility index (Phi) is 5.28. The monoisotopic (exact) mass is 315 g/mol. The Morgan fingerprint density at radius 2 is 2.09 bits per heavy atom. The molecule has 2 saturated heterocycles. The summed E-state index contributed by atoms with van der Waals surface area (Å²) in [7, 11) is 0. The molecule has 0 radical (unpaired) electrons. The summed E-state index contributed by atoms with van der Waals surface area (Å²) in [5.74, 6) is 0.0133. The quantitative estimate of drug-likeness (QED) is 0.868. The van der Waals surface area contributed by atoms with Crippen molar-refractivity contribution in [1.29, 1.82) is 0 Å². The van der Waals surface area contributed by atoms with E-state index in [-0.39, 0.29) is 11.8 Å². The molecule has 2 amide bonds. The van der Waals surface area contributed by atoms with Gasteiger partial charge in [0.25, 0.3) is 0 Å². The van der Waals surface area contributed by atoms with Gasteiger partial charge in [-0.15, -0.1) is 0 Å². The van der Waals surface area contributed by atoms with Gasteiger partial charge in [0.1, 0.15) is 6.04 Å². The van der Waals surface area contributed by atoms with Gasteiger partial charge in [-0.3, -0.25) is 9.59 Å². The molecule has 0 aliphatic carbocycles. The van der Waals surface area contributed by atoms with Crippen LogP contribution in [0.25, 0.3) is 0 Å². The van der Waals surface area contributed by atoms with E-state index in [9.17, 15) is 9.59 Å². The van der Waals surface area contributed by atoms with E-state index in [1.165, 1.54) is 0 Å². The summed E-state index contributed by atoms with van der Waals surface area (Å²) >= 11 is 0. The molecule has 5 heteroatoms. The van der Waals surface area contributed by atoms with Crippen LogP contribution < -0.4 is 10.6 Å². The van der Waals surface area contributed by atoms with Crippen LogP contribution in [0.2, 0.25) is 0 Å². The minimum atomic E-state index is -0.509. The number of carbonyl (C=O) groups is 2. The second-order valence-corrected chi connectivity index (χ2v) is 6.40. The number of nitrogens with zero attached hydrogens (tertiary/aromatic N) is 1. The Morgan fingerprint density at radius 1 is 1.26 bits per heavy atom. The zero-order chi connectivity index (χ0) is 16.1. The van der Waals surface area contributed by atoms with E-state index in [0.717, 1.165) is 37.8 Å². The van der Waals surface area contributed by atoms with Crippen LogP contribution in [0.3, 0.4) is 0 Å². The molecule has 0 bridgehead atoms. The van der Waals surface area contributed by atoms with E-state index in [0.29, 0.717) is 25.6 Å². The number of nitrogens with one attached hydrogen (secondary N) is 2. The van der Waals surface area contributed by atoms with Gasteiger partial charge in [-0.05, 0) is 37.8 Å². The van der Waals surface area contributed by atoms with Crippen molar-refractivity contribution in [1.82, 2.24) is 15.5 Å². The second-order valence-electron chi connectivity index (χ2n) is 6.40. The molecule has 2 atom stereocenters. The second kappa shape index (κ2) is 7.59. The van der Waals surface area contributed by atoms with Crippen molar-refractivity contribution < 1.29 is 9.59 Å². The minimum absolute atomic E-state index is 0.0693. The van der Waals surface area contributed by atoms with E-state index in [4.69, 9.17) is 0 Å². The molecular weight excluding hydrogens is 290 g/mol. The van der Waals surface area contributed by atoms with Gasteiger partial charge in [-0.2, -0.15) is 0 Å². The fraction of sp³-hybridized carbons (Fsp3) is 0.556. The molecule has 2 heterocycles. The molecule has 0 saturated carbocycles. The molecule has 2 aliphatic heterocycles. The molecular formula is C18H25N3O2. The van der Waals surface area contributed by atoms with Crippen LogP contribution in [0.15, 0.2) is 30.3 Å². The number of benzene rings is 1. The molecule has 0 aromatic heterocycles. The Bertz CT molecular complexity index is 540. The standard InChI is InChI=1S/C18H25N3O2/c22-16-10-4-5-12-21(16)17(14-7-2-1-3-8-14)18(23)20-13-15-9-6-11-19-15/h1-3,7-8,15,17,19H,4-6,9-13H2,(H,20,23). The fourth-order valence-electron chi connectivity index (χ4n) is 3.46. The Morgan fingerprint density at radius 3 is 2.78 bits per heavy atom. The first-order valence-electron chi connectivity index (χ1n) is 8.61. The Balaban J connectivity index is 1.73. The predicted octanol–water partition coefficient (Wildman–Crippen LogP) is 1.61. The summed E-state index contributed by atoms with van der Waals surface area (Å²) in [6, 6.07) is 9.47. The van der Waals surface area contributed by atoms with Crippen molar-refractivity contribution in [3.63, 3.8) is 0 Å². The number of amides is 2. The SMILES string of the molecule is O=C(NCC1CCCN1)C(c1ccccc1)N1CCCCC1=O.